The molecular weight excluding hydrogens is 208 g/mol. The van der Waals surface area contributed by atoms with Crippen LogP contribution in [0.4, 0.5) is 0 Å². The lowest BCUT2D eigenvalue weighted by Crippen LogP contribution is -2.26. The summed E-state index contributed by atoms with van der Waals surface area (Å²) in [7, 11) is 2.21. The quantitative estimate of drug-likeness (QED) is 0.786. The summed E-state index contributed by atoms with van der Waals surface area (Å²) in [6.07, 6.45) is 2.35. The molecule has 0 aliphatic heterocycles. The Bertz CT molecular complexity index is 322. The maximum atomic E-state index is 5.75. The molecule has 17 heavy (non-hydrogen) atoms. The number of likely N-dealkylation sites (N-methyl/N-ethyl adjacent to an activating group) is 1. The third kappa shape index (κ3) is 4.88. The molecule has 1 aromatic carbocycles. The average molecular weight is 234 g/mol. The third-order valence-electron chi connectivity index (χ3n) is 3.42. The van der Waals surface area contributed by atoms with E-state index in [-0.39, 0.29) is 0 Å². The largest absolute Gasteiger partial charge is 0.326 e. The van der Waals surface area contributed by atoms with Crippen LogP contribution in [0.3, 0.4) is 0 Å². The molecule has 1 atom stereocenters. The summed E-state index contributed by atoms with van der Waals surface area (Å²) in [5.74, 6) is 0.782. The highest BCUT2D eigenvalue weighted by atomic mass is 15.1. The van der Waals surface area contributed by atoms with Crippen molar-refractivity contribution in [1.29, 1.82) is 0 Å². The minimum Gasteiger partial charge on any atom is -0.326 e. The van der Waals surface area contributed by atoms with Gasteiger partial charge in [-0.3, -0.25) is 0 Å². The van der Waals surface area contributed by atoms with Crippen LogP contribution in [0.15, 0.2) is 24.3 Å². The van der Waals surface area contributed by atoms with Crippen molar-refractivity contribution in [2.75, 3.05) is 20.1 Å². The third-order valence-corrected chi connectivity index (χ3v) is 3.42. The Kier molecular flexibility index (Phi) is 6.23. The van der Waals surface area contributed by atoms with E-state index in [1.54, 1.807) is 0 Å². The van der Waals surface area contributed by atoms with Crippen molar-refractivity contribution < 1.29 is 0 Å². The van der Waals surface area contributed by atoms with Gasteiger partial charge < -0.3 is 10.6 Å². The lowest BCUT2D eigenvalue weighted by molar-refractivity contribution is 0.285. The molecule has 0 aliphatic rings. The number of nitrogens with two attached hydrogens (primary N) is 1. The van der Waals surface area contributed by atoms with Crippen LogP contribution in [0.1, 0.15) is 31.4 Å². The molecule has 0 bridgehead atoms. The molecule has 1 aromatic rings. The highest BCUT2D eigenvalue weighted by Gasteiger charge is 2.06. The summed E-state index contributed by atoms with van der Waals surface area (Å²) < 4.78 is 0. The molecule has 0 spiro atoms. The summed E-state index contributed by atoms with van der Waals surface area (Å²) >= 11 is 0. The molecule has 0 aliphatic carbocycles. The topological polar surface area (TPSA) is 29.3 Å². The van der Waals surface area contributed by atoms with Crippen molar-refractivity contribution in [3.63, 3.8) is 0 Å². The van der Waals surface area contributed by atoms with Crippen LogP contribution in [-0.2, 0) is 13.0 Å². The van der Waals surface area contributed by atoms with E-state index >= 15 is 0 Å². The van der Waals surface area contributed by atoms with Crippen molar-refractivity contribution in [2.24, 2.45) is 11.7 Å². The Labute approximate surface area is 106 Å². The molecule has 2 nitrogen and oxygen atoms in total. The van der Waals surface area contributed by atoms with Gasteiger partial charge in [-0.1, -0.05) is 44.5 Å². The van der Waals surface area contributed by atoms with Gasteiger partial charge in [0.15, 0.2) is 0 Å². The normalized spacial score (nSPS) is 13.0. The van der Waals surface area contributed by atoms with E-state index in [4.69, 9.17) is 5.73 Å². The SMILES string of the molecule is CCC(C)CN(C)CCc1ccccc1CN. The van der Waals surface area contributed by atoms with E-state index in [2.05, 4.69) is 50.1 Å². The van der Waals surface area contributed by atoms with Crippen molar-refractivity contribution >= 4 is 0 Å². The first-order chi connectivity index (χ1) is 8.17. The number of hydrogen-bond donors (Lipinski definition) is 1. The Hall–Kier alpha value is -0.860. The van der Waals surface area contributed by atoms with Gasteiger partial charge >= 0.3 is 0 Å². The maximum absolute atomic E-state index is 5.75. The average Bonchev–Trinajstić information content (AvgIpc) is 2.36. The van der Waals surface area contributed by atoms with Crippen LogP contribution >= 0.6 is 0 Å². The zero-order chi connectivity index (χ0) is 12.7. The van der Waals surface area contributed by atoms with Crippen LogP contribution in [0.5, 0.6) is 0 Å². The van der Waals surface area contributed by atoms with Crippen LogP contribution in [0.25, 0.3) is 0 Å². The van der Waals surface area contributed by atoms with Crippen molar-refractivity contribution in [1.82, 2.24) is 4.90 Å². The molecule has 0 radical (unpaired) electrons. The molecular formula is C15H26N2. The molecule has 1 unspecified atom stereocenters. The van der Waals surface area contributed by atoms with E-state index in [0.29, 0.717) is 6.54 Å². The summed E-state index contributed by atoms with van der Waals surface area (Å²) in [5.41, 5.74) is 8.42. The summed E-state index contributed by atoms with van der Waals surface area (Å²) in [6.45, 7) is 7.50. The fourth-order valence-corrected chi connectivity index (χ4v) is 2.06. The second-order valence-electron chi connectivity index (χ2n) is 5.00. The van der Waals surface area contributed by atoms with E-state index in [0.717, 1.165) is 18.9 Å². The summed E-state index contributed by atoms with van der Waals surface area (Å²) in [4.78, 5) is 2.42. The summed E-state index contributed by atoms with van der Waals surface area (Å²) in [5, 5.41) is 0. The lowest BCUT2D eigenvalue weighted by atomic mass is 10.0. The van der Waals surface area contributed by atoms with E-state index in [1.807, 2.05) is 0 Å². The molecule has 1 rings (SSSR count). The van der Waals surface area contributed by atoms with Gasteiger partial charge in [-0.05, 0) is 30.5 Å². The van der Waals surface area contributed by atoms with Gasteiger partial charge in [-0.2, -0.15) is 0 Å². The Morgan fingerprint density at radius 2 is 1.88 bits per heavy atom. The van der Waals surface area contributed by atoms with Gasteiger partial charge in [-0.15, -0.1) is 0 Å². The van der Waals surface area contributed by atoms with Gasteiger partial charge in [0, 0.05) is 19.6 Å². The molecule has 0 amide bonds. The predicted molar refractivity (Wildman–Crippen MR) is 75.0 cm³/mol. The first-order valence-electron chi connectivity index (χ1n) is 6.62. The fourth-order valence-electron chi connectivity index (χ4n) is 2.06. The van der Waals surface area contributed by atoms with Crippen molar-refractivity contribution in [3.8, 4) is 0 Å². The van der Waals surface area contributed by atoms with Crippen LogP contribution < -0.4 is 5.73 Å². The Morgan fingerprint density at radius 1 is 1.24 bits per heavy atom. The van der Waals surface area contributed by atoms with Gasteiger partial charge in [0.25, 0.3) is 0 Å². The second kappa shape index (κ2) is 7.46. The van der Waals surface area contributed by atoms with E-state index in [9.17, 15) is 0 Å². The zero-order valence-corrected chi connectivity index (χ0v) is 11.4. The standard InChI is InChI=1S/C15H26N2/c1-4-13(2)12-17(3)10-9-14-7-5-6-8-15(14)11-16/h5-8,13H,4,9-12,16H2,1-3H3. The van der Waals surface area contributed by atoms with E-state index in [1.165, 1.54) is 24.1 Å². The van der Waals surface area contributed by atoms with Gasteiger partial charge in [-0.25, -0.2) is 0 Å². The Balaban J connectivity index is 2.44. The van der Waals surface area contributed by atoms with E-state index < -0.39 is 0 Å². The fraction of sp³-hybridized carbons (Fsp3) is 0.600. The predicted octanol–water partition coefficient (Wildman–Crippen LogP) is 2.67. The lowest BCUT2D eigenvalue weighted by Gasteiger charge is -2.20. The second-order valence-corrected chi connectivity index (χ2v) is 5.00. The molecule has 0 aromatic heterocycles. The number of nitrogens with zero attached hydrogens (tertiary/aromatic N) is 1. The zero-order valence-electron chi connectivity index (χ0n) is 11.4. The molecule has 96 valence electrons. The highest BCUT2D eigenvalue weighted by Crippen LogP contribution is 2.10. The molecule has 0 fully saturated rings. The first kappa shape index (κ1) is 14.2. The molecule has 0 saturated carbocycles. The van der Waals surface area contributed by atoms with Gasteiger partial charge in [0.1, 0.15) is 0 Å². The number of benzene rings is 1. The smallest absolute Gasteiger partial charge is 0.0180 e. The minimum atomic E-state index is 0.644. The van der Waals surface area contributed by atoms with Crippen LogP contribution in [0.2, 0.25) is 0 Å². The van der Waals surface area contributed by atoms with Crippen LogP contribution in [-0.4, -0.2) is 25.0 Å². The van der Waals surface area contributed by atoms with Crippen LogP contribution in [0, 0.1) is 5.92 Å². The maximum Gasteiger partial charge on any atom is 0.0180 e. The van der Waals surface area contributed by atoms with Crippen molar-refractivity contribution in [2.45, 2.75) is 33.2 Å². The monoisotopic (exact) mass is 234 g/mol. The molecule has 2 N–H and O–H groups in total. The number of rotatable bonds is 7. The van der Waals surface area contributed by atoms with Gasteiger partial charge in [0.05, 0.1) is 0 Å². The molecule has 0 saturated heterocycles. The Morgan fingerprint density at radius 3 is 2.47 bits per heavy atom. The molecule has 0 heterocycles. The highest BCUT2D eigenvalue weighted by molar-refractivity contribution is 5.27. The van der Waals surface area contributed by atoms with Gasteiger partial charge in [0.2, 0.25) is 0 Å². The number of hydrogen-bond acceptors (Lipinski definition) is 2. The minimum absolute atomic E-state index is 0.644. The summed E-state index contributed by atoms with van der Waals surface area (Å²) in [6, 6.07) is 8.49. The molecule has 2 heteroatoms. The first-order valence-corrected chi connectivity index (χ1v) is 6.62. The van der Waals surface area contributed by atoms with Crippen molar-refractivity contribution in [3.05, 3.63) is 35.4 Å².